The molecule has 1 aliphatic rings. The average molecular weight is 443 g/mol. The molecule has 0 bridgehead atoms. The predicted molar refractivity (Wildman–Crippen MR) is 122 cm³/mol. The van der Waals surface area contributed by atoms with Crippen molar-refractivity contribution in [3.8, 4) is 5.69 Å². The van der Waals surface area contributed by atoms with Crippen LogP contribution in [0, 0.1) is 13.8 Å². The average Bonchev–Trinajstić information content (AvgIpc) is 3.09. The minimum atomic E-state index is -0.233. The van der Waals surface area contributed by atoms with Crippen LogP contribution in [-0.4, -0.2) is 72.1 Å². The maximum absolute atomic E-state index is 12.7. The van der Waals surface area contributed by atoms with Gasteiger partial charge >= 0.3 is 5.97 Å². The Morgan fingerprint density at radius 2 is 1.81 bits per heavy atom. The topological polar surface area (TPSA) is 85.7 Å². The Balaban J connectivity index is 1.64. The molecule has 0 atom stereocenters. The molecule has 8 nitrogen and oxygen atoms in total. The largest absolute Gasteiger partial charge is 0.469 e. The highest BCUT2D eigenvalue weighted by molar-refractivity contribution is 5.94. The highest BCUT2D eigenvalue weighted by atomic mass is 16.5. The van der Waals surface area contributed by atoms with E-state index in [1.165, 1.54) is 7.11 Å². The normalized spacial score (nSPS) is 14.9. The van der Waals surface area contributed by atoms with Crippen LogP contribution in [0.4, 0.5) is 0 Å². The lowest BCUT2D eigenvalue weighted by Gasteiger charge is -2.40. The lowest BCUT2D eigenvalue weighted by molar-refractivity contribution is -0.140. The number of morpholine rings is 1. The molecule has 1 aliphatic heterocycles. The molecule has 0 radical (unpaired) electrons. The Bertz CT molecular complexity index is 944. The molecule has 8 heteroatoms. The SMILES string of the molecule is COC(=O)CCc1c(C)nn(-c2ccc(C(=O)NCC(C)(C)N3CCOCC3)cc2)c1C. The van der Waals surface area contributed by atoms with E-state index in [1.54, 1.807) is 0 Å². The molecule has 0 aliphatic carbocycles. The van der Waals surface area contributed by atoms with E-state index < -0.39 is 0 Å². The molecule has 1 amide bonds. The van der Waals surface area contributed by atoms with Gasteiger partial charge in [0, 0.05) is 42.9 Å². The molecule has 174 valence electrons. The Kier molecular flexibility index (Phi) is 7.69. The predicted octanol–water partition coefficient (Wildman–Crippen LogP) is 2.44. The fraction of sp³-hybridized carbons (Fsp3) is 0.542. The first-order valence-electron chi connectivity index (χ1n) is 11.1. The maximum Gasteiger partial charge on any atom is 0.305 e. The summed E-state index contributed by atoms with van der Waals surface area (Å²) < 4.78 is 12.0. The summed E-state index contributed by atoms with van der Waals surface area (Å²) in [5.41, 5.74) is 4.26. The first-order valence-corrected chi connectivity index (χ1v) is 11.1. The second kappa shape index (κ2) is 10.3. The number of amides is 1. The van der Waals surface area contributed by atoms with Gasteiger partial charge in [-0.1, -0.05) is 0 Å². The Morgan fingerprint density at radius 1 is 1.16 bits per heavy atom. The number of hydrogen-bond acceptors (Lipinski definition) is 6. The van der Waals surface area contributed by atoms with Gasteiger partial charge in [-0.05, 0) is 63.9 Å². The first kappa shape index (κ1) is 23.9. The second-order valence-corrected chi connectivity index (χ2v) is 8.78. The molecule has 32 heavy (non-hydrogen) atoms. The number of hydrogen-bond donors (Lipinski definition) is 1. The molecule has 0 saturated carbocycles. The summed E-state index contributed by atoms with van der Waals surface area (Å²) in [5, 5.41) is 7.69. The summed E-state index contributed by atoms with van der Waals surface area (Å²) in [4.78, 5) is 26.5. The van der Waals surface area contributed by atoms with E-state index in [0.29, 0.717) is 24.9 Å². The van der Waals surface area contributed by atoms with E-state index in [-0.39, 0.29) is 17.4 Å². The standard InChI is InChI=1S/C24H34N4O4/c1-17-21(10-11-22(29)31-5)18(2)28(26-17)20-8-6-19(7-9-20)23(30)25-16-24(3,4)27-12-14-32-15-13-27/h6-9H,10-16H2,1-5H3,(H,25,30). The summed E-state index contributed by atoms with van der Waals surface area (Å²) in [6, 6.07) is 7.42. The zero-order chi connectivity index (χ0) is 23.3. The molecular formula is C24H34N4O4. The number of rotatable bonds is 8. The number of carbonyl (C=O) groups excluding carboxylic acids is 2. The molecule has 1 aromatic heterocycles. The van der Waals surface area contributed by atoms with Crippen LogP contribution in [0.3, 0.4) is 0 Å². The van der Waals surface area contributed by atoms with Crippen molar-refractivity contribution in [3.05, 3.63) is 46.8 Å². The number of carbonyl (C=O) groups is 2. The third-order valence-corrected chi connectivity index (χ3v) is 6.17. The first-order chi connectivity index (χ1) is 15.2. The van der Waals surface area contributed by atoms with Crippen LogP contribution in [0.5, 0.6) is 0 Å². The lowest BCUT2D eigenvalue weighted by Crippen LogP contribution is -2.55. The van der Waals surface area contributed by atoms with Crippen LogP contribution in [0.15, 0.2) is 24.3 Å². The number of aromatic nitrogens is 2. The Labute approximate surface area is 189 Å². The number of ether oxygens (including phenoxy) is 2. The van der Waals surface area contributed by atoms with Crippen LogP contribution in [0.1, 0.15) is 47.6 Å². The minimum Gasteiger partial charge on any atom is -0.469 e. The van der Waals surface area contributed by atoms with Crippen LogP contribution in [-0.2, 0) is 20.7 Å². The third-order valence-electron chi connectivity index (χ3n) is 6.17. The summed E-state index contributed by atoms with van der Waals surface area (Å²) in [6.07, 6.45) is 0.910. The fourth-order valence-corrected chi connectivity index (χ4v) is 4.05. The smallest absolute Gasteiger partial charge is 0.305 e. The van der Waals surface area contributed by atoms with Crippen LogP contribution in [0.25, 0.3) is 5.69 Å². The highest BCUT2D eigenvalue weighted by Gasteiger charge is 2.28. The monoisotopic (exact) mass is 442 g/mol. The highest BCUT2D eigenvalue weighted by Crippen LogP contribution is 2.20. The number of nitrogens with zero attached hydrogens (tertiary/aromatic N) is 3. The van der Waals surface area contributed by atoms with Crippen molar-refractivity contribution >= 4 is 11.9 Å². The van der Waals surface area contributed by atoms with Gasteiger partial charge in [0.05, 0.1) is 31.7 Å². The lowest BCUT2D eigenvalue weighted by atomic mass is 10.0. The van der Waals surface area contributed by atoms with Gasteiger partial charge in [-0.25, -0.2) is 4.68 Å². The summed E-state index contributed by atoms with van der Waals surface area (Å²) in [6.45, 7) is 12.0. The zero-order valence-corrected chi connectivity index (χ0v) is 19.7. The minimum absolute atomic E-state index is 0.0926. The van der Waals surface area contributed by atoms with E-state index in [2.05, 4.69) is 29.2 Å². The van der Waals surface area contributed by atoms with Gasteiger partial charge in [0.1, 0.15) is 0 Å². The van der Waals surface area contributed by atoms with Gasteiger partial charge in [-0.2, -0.15) is 5.10 Å². The fourth-order valence-electron chi connectivity index (χ4n) is 4.05. The molecule has 1 fully saturated rings. The third kappa shape index (κ3) is 5.55. The van der Waals surface area contributed by atoms with Crippen molar-refractivity contribution in [2.75, 3.05) is 40.0 Å². The molecule has 2 heterocycles. The molecule has 0 unspecified atom stereocenters. The Hall–Kier alpha value is -2.71. The van der Waals surface area contributed by atoms with Gasteiger partial charge < -0.3 is 14.8 Å². The van der Waals surface area contributed by atoms with Crippen molar-refractivity contribution in [3.63, 3.8) is 0 Å². The van der Waals surface area contributed by atoms with Gasteiger partial charge in [0.2, 0.25) is 0 Å². The van der Waals surface area contributed by atoms with E-state index >= 15 is 0 Å². The number of aryl methyl sites for hydroxylation is 1. The number of methoxy groups -OCH3 is 1. The van der Waals surface area contributed by atoms with Crippen molar-refractivity contribution in [2.45, 2.75) is 46.1 Å². The summed E-state index contributed by atoms with van der Waals surface area (Å²) in [7, 11) is 1.40. The van der Waals surface area contributed by atoms with E-state index in [4.69, 9.17) is 9.47 Å². The number of benzene rings is 1. The molecule has 0 spiro atoms. The number of nitrogens with one attached hydrogen (secondary N) is 1. The zero-order valence-electron chi connectivity index (χ0n) is 19.7. The van der Waals surface area contributed by atoms with Crippen molar-refractivity contribution < 1.29 is 19.1 Å². The van der Waals surface area contributed by atoms with Gasteiger partial charge in [0.15, 0.2) is 0 Å². The van der Waals surface area contributed by atoms with E-state index in [9.17, 15) is 9.59 Å². The van der Waals surface area contributed by atoms with Crippen LogP contribution in [0.2, 0.25) is 0 Å². The summed E-state index contributed by atoms with van der Waals surface area (Å²) >= 11 is 0. The van der Waals surface area contributed by atoms with Gasteiger partial charge in [-0.15, -0.1) is 0 Å². The molecular weight excluding hydrogens is 408 g/mol. The molecule has 2 aromatic rings. The quantitative estimate of drug-likeness (QED) is 0.632. The number of esters is 1. The molecule has 1 saturated heterocycles. The molecule has 1 aromatic carbocycles. The summed E-state index contributed by atoms with van der Waals surface area (Å²) in [5.74, 6) is -0.325. The Morgan fingerprint density at radius 3 is 2.44 bits per heavy atom. The van der Waals surface area contributed by atoms with Crippen molar-refractivity contribution in [1.29, 1.82) is 0 Å². The van der Waals surface area contributed by atoms with Gasteiger partial charge in [0.25, 0.3) is 5.91 Å². The van der Waals surface area contributed by atoms with Crippen molar-refractivity contribution in [2.24, 2.45) is 0 Å². The van der Waals surface area contributed by atoms with Crippen LogP contribution < -0.4 is 5.32 Å². The maximum atomic E-state index is 12.7. The van der Waals surface area contributed by atoms with Crippen molar-refractivity contribution in [1.82, 2.24) is 20.0 Å². The van der Waals surface area contributed by atoms with E-state index in [1.807, 2.05) is 42.8 Å². The van der Waals surface area contributed by atoms with Crippen LogP contribution >= 0.6 is 0 Å². The molecule has 3 rings (SSSR count). The van der Waals surface area contributed by atoms with E-state index in [0.717, 1.165) is 48.9 Å². The van der Waals surface area contributed by atoms with Gasteiger partial charge in [-0.3, -0.25) is 14.5 Å². The second-order valence-electron chi connectivity index (χ2n) is 8.78. The molecule has 1 N–H and O–H groups in total.